The van der Waals surface area contributed by atoms with Crippen LogP contribution in [0.5, 0.6) is 0 Å². The standard InChI is InChI=1S/C12H16N6O2/c1-2-20-12(19)9-5-7-17(8-6-9)11-4-3-10-13-15-16-18(10)14-11/h3-4,9H,2,5-8H2,1H3. The van der Waals surface area contributed by atoms with Gasteiger partial charge in [-0.1, -0.05) is 0 Å². The van der Waals surface area contributed by atoms with Crippen molar-refractivity contribution in [2.24, 2.45) is 5.92 Å². The molecule has 3 heterocycles. The molecule has 1 aliphatic rings. The molecular weight excluding hydrogens is 260 g/mol. The summed E-state index contributed by atoms with van der Waals surface area (Å²) in [5.41, 5.74) is 0.621. The van der Waals surface area contributed by atoms with Crippen LogP contribution >= 0.6 is 0 Å². The fraction of sp³-hybridized carbons (Fsp3) is 0.583. The fourth-order valence-corrected chi connectivity index (χ4v) is 2.41. The molecule has 106 valence electrons. The maximum absolute atomic E-state index is 11.7. The predicted molar refractivity (Wildman–Crippen MR) is 70.1 cm³/mol. The van der Waals surface area contributed by atoms with Gasteiger partial charge in [0.15, 0.2) is 11.5 Å². The number of anilines is 1. The summed E-state index contributed by atoms with van der Waals surface area (Å²) in [7, 11) is 0. The molecule has 3 rings (SSSR count). The summed E-state index contributed by atoms with van der Waals surface area (Å²) in [5.74, 6) is 0.742. The Kier molecular flexibility index (Phi) is 3.44. The van der Waals surface area contributed by atoms with Crippen LogP contribution in [0.3, 0.4) is 0 Å². The van der Waals surface area contributed by atoms with Gasteiger partial charge in [0.25, 0.3) is 0 Å². The van der Waals surface area contributed by atoms with Crippen LogP contribution in [-0.2, 0) is 9.53 Å². The molecule has 0 atom stereocenters. The molecule has 0 unspecified atom stereocenters. The largest absolute Gasteiger partial charge is 0.466 e. The second-order valence-corrected chi connectivity index (χ2v) is 4.73. The van der Waals surface area contributed by atoms with E-state index in [9.17, 15) is 4.79 Å². The molecule has 1 saturated heterocycles. The quantitative estimate of drug-likeness (QED) is 0.745. The Morgan fingerprint density at radius 2 is 2.20 bits per heavy atom. The van der Waals surface area contributed by atoms with E-state index < -0.39 is 0 Å². The highest BCUT2D eigenvalue weighted by atomic mass is 16.5. The molecule has 0 aliphatic carbocycles. The average molecular weight is 276 g/mol. The number of esters is 1. The van der Waals surface area contributed by atoms with E-state index in [1.807, 2.05) is 19.1 Å². The normalized spacial score (nSPS) is 16.6. The first kappa shape index (κ1) is 12.8. The van der Waals surface area contributed by atoms with Crippen molar-refractivity contribution in [3.8, 4) is 0 Å². The maximum Gasteiger partial charge on any atom is 0.309 e. The van der Waals surface area contributed by atoms with Crippen molar-refractivity contribution >= 4 is 17.4 Å². The first-order chi connectivity index (χ1) is 9.78. The van der Waals surface area contributed by atoms with E-state index in [1.165, 1.54) is 4.63 Å². The summed E-state index contributed by atoms with van der Waals surface area (Å²) in [6.45, 7) is 3.84. The van der Waals surface area contributed by atoms with Crippen LogP contribution in [0.25, 0.3) is 5.65 Å². The third-order valence-corrected chi connectivity index (χ3v) is 3.49. The van der Waals surface area contributed by atoms with Crippen LogP contribution in [0.15, 0.2) is 12.1 Å². The first-order valence-electron chi connectivity index (χ1n) is 6.75. The van der Waals surface area contributed by atoms with Crippen LogP contribution in [0, 0.1) is 5.92 Å². The van der Waals surface area contributed by atoms with E-state index >= 15 is 0 Å². The van der Waals surface area contributed by atoms with Crippen molar-refractivity contribution in [1.29, 1.82) is 0 Å². The number of fused-ring (bicyclic) bond motifs is 1. The van der Waals surface area contributed by atoms with Gasteiger partial charge in [0.1, 0.15) is 0 Å². The van der Waals surface area contributed by atoms with Gasteiger partial charge in [0.05, 0.1) is 12.5 Å². The lowest BCUT2D eigenvalue weighted by atomic mass is 9.97. The second kappa shape index (κ2) is 5.40. The number of carbonyl (C=O) groups excluding carboxylic acids is 1. The molecule has 2 aromatic rings. The van der Waals surface area contributed by atoms with Gasteiger partial charge in [-0.25, -0.2) is 0 Å². The minimum absolute atomic E-state index is 0.00275. The van der Waals surface area contributed by atoms with Gasteiger partial charge in [-0.3, -0.25) is 4.79 Å². The van der Waals surface area contributed by atoms with E-state index in [0.29, 0.717) is 12.3 Å². The number of ether oxygens (including phenoxy) is 1. The minimum atomic E-state index is -0.0870. The van der Waals surface area contributed by atoms with Crippen LogP contribution in [-0.4, -0.2) is 50.9 Å². The second-order valence-electron chi connectivity index (χ2n) is 4.73. The number of hydrogen-bond acceptors (Lipinski definition) is 7. The Balaban J connectivity index is 1.66. The van der Waals surface area contributed by atoms with Gasteiger partial charge in [-0.15, -0.1) is 14.8 Å². The number of tetrazole rings is 1. The molecular formula is C12H16N6O2. The lowest BCUT2D eigenvalue weighted by molar-refractivity contribution is -0.148. The van der Waals surface area contributed by atoms with Crippen molar-refractivity contribution in [3.05, 3.63) is 12.1 Å². The summed E-state index contributed by atoms with van der Waals surface area (Å²) in [4.78, 5) is 13.8. The van der Waals surface area contributed by atoms with E-state index in [1.54, 1.807) is 0 Å². The van der Waals surface area contributed by atoms with Crippen LogP contribution in [0.2, 0.25) is 0 Å². The van der Waals surface area contributed by atoms with E-state index in [-0.39, 0.29) is 11.9 Å². The molecule has 0 N–H and O–H groups in total. The predicted octanol–water partition coefficient (Wildman–Crippen LogP) is 0.299. The van der Waals surface area contributed by atoms with Gasteiger partial charge in [-0.2, -0.15) is 0 Å². The van der Waals surface area contributed by atoms with Crippen molar-refractivity contribution in [2.75, 3.05) is 24.6 Å². The lowest BCUT2D eigenvalue weighted by Crippen LogP contribution is -2.37. The Hall–Kier alpha value is -2.25. The van der Waals surface area contributed by atoms with Crippen molar-refractivity contribution in [3.63, 3.8) is 0 Å². The zero-order chi connectivity index (χ0) is 13.9. The van der Waals surface area contributed by atoms with Gasteiger partial charge in [0, 0.05) is 13.1 Å². The number of aromatic nitrogens is 5. The van der Waals surface area contributed by atoms with Crippen LogP contribution in [0.4, 0.5) is 5.82 Å². The molecule has 1 aliphatic heterocycles. The summed E-state index contributed by atoms with van der Waals surface area (Å²) >= 11 is 0. The third kappa shape index (κ3) is 2.40. The molecule has 0 radical (unpaired) electrons. The Bertz CT molecular complexity index is 605. The van der Waals surface area contributed by atoms with Crippen LogP contribution in [0.1, 0.15) is 19.8 Å². The minimum Gasteiger partial charge on any atom is -0.466 e. The summed E-state index contributed by atoms with van der Waals surface area (Å²) in [6, 6.07) is 3.73. The van der Waals surface area contributed by atoms with Crippen molar-refractivity contribution < 1.29 is 9.53 Å². The number of rotatable bonds is 3. The molecule has 8 nitrogen and oxygen atoms in total. The highest BCUT2D eigenvalue weighted by molar-refractivity contribution is 5.72. The number of piperidine rings is 1. The molecule has 20 heavy (non-hydrogen) atoms. The number of nitrogens with zero attached hydrogens (tertiary/aromatic N) is 6. The first-order valence-corrected chi connectivity index (χ1v) is 6.75. The highest BCUT2D eigenvalue weighted by Gasteiger charge is 2.26. The van der Waals surface area contributed by atoms with Gasteiger partial charge >= 0.3 is 5.97 Å². The SMILES string of the molecule is CCOC(=O)C1CCN(c2ccc3nnnn3n2)CC1. The Morgan fingerprint density at radius 1 is 1.40 bits per heavy atom. The third-order valence-electron chi connectivity index (χ3n) is 3.49. The summed E-state index contributed by atoms with van der Waals surface area (Å²) < 4.78 is 6.48. The van der Waals surface area contributed by atoms with Gasteiger partial charge < -0.3 is 9.64 Å². The van der Waals surface area contributed by atoms with Crippen molar-refractivity contribution in [1.82, 2.24) is 25.3 Å². The number of carbonyl (C=O) groups is 1. The lowest BCUT2D eigenvalue weighted by Gasteiger charge is -2.31. The van der Waals surface area contributed by atoms with Gasteiger partial charge in [-0.05, 0) is 42.3 Å². The van der Waals surface area contributed by atoms with E-state index in [0.717, 1.165) is 31.7 Å². The van der Waals surface area contributed by atoms with Gasteiger partial charge in [0.2, 0.25) is 0 Å². The number of hydrogen-bond donors (Lipinski definition) is 0. The summed E-state index contributed by atoms with van der Waals surface area (Å²) in [6.07, 6.45) is 1.57. The molecule has 8 heteroatoms. The maximum atomic E-state index is 11.7. The van der Waals surface area contributed by atoms with E-state index in [4.69, 9.17) is 4.74 Å². The molecule has 0 spiro atoms. The van der Waals surface area contributed by atoms with Crippen LogP contribution < -0.4 is 4.90 Å². The zero-order valence-electron chi connectivity index (χ0n) is 11.3. The highest BCUT2D eigenvalue weighted by Crippen LogP contribution is 2.22. The summed E-state index contributed by atoms with van der Waals surface area (Å²) in [5, 5.41) is 15.5. The Morgan fingerprint density at radius 3 is 2.95 bits per heavy atom. The fourth-order valence-electron chi connectivity index (χ4n) is 2.41. The molecule has 0 amide bonds. The molecule has 0 bridgehead atoms. The molecule has 0 saturated carbocycles. The smallest absolute Gasteiger partial charge is 0.309 e. The van der Waals surface area contributed by atoms with E-state index in [2.05, 4.69) is 25.5 Å². The van der Waals surface area contributed by atoms with Crippen molar-refractivity contribution in [2.45, 2.75) is 19.8 Å². The average Bonchev–Trinajstić information content (AvgIpc) is 2.95. The molecule has 2 aromatic heterocycles. The monoisotopic (exact) mass is 276 g/mol. The molecule has 1 fully saturated rings. The zero-order valence-corrected chi connectivity index (χ0v) is 11.3. The Labute approximate surface area is 115 Å². The molecule has 0 aromatic carbocycles. The topological polar surface area (TPSA) is 85.5 Å².